The van der Waals surface area contributed by atoms with E-state index in [1.807, 2.05) is 0 Å². The number of methoxy groups -OCH3 is 1. The molecule has 4 nitrogen and oxygen atoms in total. The second-order valence-corrected chi connectivity index (χ2v) is 4.61. The molecule has 1 heterocycles. The number of benzene rings is 2. The van der Waals surface area contributed by atoms with Crippen molar-refractivity contribution >= 4 is 17.2 Å². The topological polar surface area (TPSA) is 52.4 Å². The molecule has 0 amide bonds. The van der Waals surface area contributed by atoms with Crippen molar-refractivity contribution in [3.63, 3.8) is 0 Å². The number of ether oxygens (including phenoxy) is 1. The third-order valence-electron chi connectivity index (χ3n) is 3.34. The predicted molar refractivity (Wildman–Crippen MR) is 71.0 cm³/mol. The molecule has 0 aliphatic carbocycles. The van der Waals surface area contributed by atoms with Gasteiger partial charge in [0.15, 0.2) is 17.5 Å². The molecular weight excluding hydrogens is 299 g/mol. The summed E-state index contributed by atoms with van der Waals surface area (Å²) in [5.74, 6) is -4.95. The lowest BCUT2D eigenvalue weighted by atomic mass is 10.0. The van der Waals surface area contributed by atoms with Gasteiger partial charge in [-0.15, -0.1) is 0 Å². The van der Waals surface area contributed by atoms with Crippen molar-refractivity contribution in [1.29, 1.82) is 0 Å². The van der Waals surface area contributed by atoms with Gasteiger partial charge in [0.25, 0.3) is 11.5 Å². The molecule has 0 atom stereocenters. The van der Waals surface area contributed by atoms with Crippen LogP contribution in [-0.4, -0.2) is 23.3 Å². The van der Waals surface area contributed by atoms with Crippen LogP contribution in [0.1, 0.15) is 15.9 Å². The fourth-order valence-electron chi connectivity index (χ4n) is 2.28. The van der Waals surface area contributed by atoms with E-state index < -0.39 is 28.9 Å². The normalized spacial score (nSPS) is 13.5. The average molecular weight is 307 g/mol. The minimum atomic E-state index is -1.66. The lowest BCUT2D eigenvalue weighted by Crippen LogP contribution is -2.17. The molecule has 2 aromatic rings. The van der Waals surface area contributed by atoms with Crippen molar-refractivity contribution in [3.05, 3.63) is 64.1 Å². The summed E-state index contributed by atoms with van der Waals surface area (Å²) in [5.41, 5.74) is -0.715. The van der Waals surface area contributed by atoms with E-state index in [0.29, 0.717) is 17.9 Å². The molecule has 112 valence electrons. The van der Waals surface area contributed by atoms with Crippen molar-refractivity contribution in [2.45, 2.75) is 0 Å². The largest absolute Gasteiger partial charge is 0.618 e. The Labute approximate surface area is 122 Å². The molecule has 0 fully saturated rings. The van der Waals surface area contributed by atoms with Crippen LogP contribution in [0.2, 0.25) is 0 Å². The highest BCUT2D eigenvalue weighted by Gasteiger charge is 2.37. The van der Waals surface area contributed by atoms with E-state index in [9.17, 15) is 23.2 Å². The van der Waals surface area contributed by atoms with E-state index in [1.54, 1.807) is 0 Å². The molecular formula is C15H8F3NO3. The fraction of sp³-hybridized carbons (Fsp3) is 0.0667. The molecule has 0 bridgehead atoms. The van der Waals surface area contributed by atoms with Crippen LogP contribution >= 0.6 is 0 Å². The van der Waals surface area contributed by atoms with Crippen LogP contribution in [0.4, 0.5) is 18.9 Å². The summed E-state index contributed by atoms with van der Waals surface area (Å²) in [4.78, 5) is 12.3. The standard InChI is InChI=1S/C15H8F3NO3/c1-22-8-2-3-9-12(6-8)19(21)14(15(9)20)7-4-10(16)13(18)11(17)5-7/h2-6H,1H3. The number of Topliss-reactive ketones (excluding diaryl/α,β-unsaturated/α-hetero) is 1. The van der Waals surface area contributed by atoms with Gasteiger partial charge in [-0.05, 0) is 24.3 Å². The van der Waals surface area contributed by atoms with Crippen LogP contribution in [0.25, 0.3) is 0 Å². The Balaban J connectivity index is 2.20. The summed E-state index contributed by atoms with van der Waals surface area (Å²) in [5, 5.41) is 12.2. The van der Waals surface area contributed by atoms with Gasteiger partial charge in [0.2, 0.25) is 5.69 Å². The van der Waals surface area contributed by atoms with Gasteiger partial charge in [-0.25, -0.2) is 13.2 Å². The zero-order valence-electron chi connectivity index (χ0n) is 11.2. The molecule has 0 saturated carbocycles. The van der Waals surface area contributed by atoms with Gasteiger partial charge in [0.1, 0.15) is 11.3 Å². The zero-order valence-corrected chi connectivity index (χ0v) is 11.2. The molecule has 0 spiro atoms. The maximum Gasteiger partial charge on any atom is 0.273 e. The van der Waals surface area contributed by atoms with E-state index in [2.05, 4.69) is 0 Å². The minimum absolute atomic E-state index is 0.00416. The Hall–Kier alpha value is -2.83. The second-order valence-electron chi connectivity index (χ2n) is 4.61. The van der Waals surface area contributed by atoms with Crippen LogP contribution in [0.3, 0.4) is 0 Å². The quantitative estimate of drug-likeness (QED) is 0.487. The summed E-state index contributed by atoms with van der Waals surface area (Å²) in [6.45, 7) is 0. The third kappa shape index (κ3) is 1.93. The first kappa shape index (κ1) is 14.1. The molecule has 0 saturated heterocycles. The number of carbonyl (C=O) groups is 1. The first-order valence-corrected chi connectivity index (χ1v) is 6.16. The molecule has 2 aromatic carbocycles. The number of hydrogen-bond acceptors (Lipinski definition) is 3. The molecule has 1 aliphatic rings. The molecule has 0 N–H and O–H groups in total. The summed E-state index contributed by atoms with van der Waals surface area (Å²) >= 11 is 0. The number of ketones is 1. The number of carbonyl (C=O) groups excluding carboxylic acids is 1. The van der Waals surface area contributed by atoms with Gasteiger partial charge in [0, 0.05) is 0 Å². The molecule has 0 aromatic heterocycles. The summed E-state index contributed by atoms with van der Waals surface area (Å²) in [7, 11) is 1.39. The Kier molecular flexibility index (Phi) is 3.13. The van der Waals surface area contributed by atoms with E-state index in [-0.39, 0.29) is 21.6 Å². The van der Waals surface area contributed by atoms with E-state index in [1.165, 1.54) is 25.3 Å². The average Bonchev–Trinajstić information content (AvgIpc) is 2.75. The number of fused-ring (bicyclic) bond motifs is 1. The van der Waals surface area contributed by atoms with Gasteiger partial charge in [-0.3, -0.25) is 4.79 Å². The Morgan fingerprint density at radius 3 is 2.32 bits per heavy atom. The number of hydrogen-bond donors (Lipinski definition) is 0. The maximum absolute atomic E-state index is 13.3. The highest BCUT2D eigenvalue weighted by molar-refractivity contribution is 6.52. The van der Waals surface area contributed by atoms with Crippen molar-refractivity contribution in [2.75, 3.05) is 7.11 Å². The zero-order chi connectivity index (χ0) is 16.0. The van der Waals surface area contributed by atoms with Gasteiger partial charge in [-0.1, -0.05) is 0 Å². The van der Waals surface area contributed by atoms with Crippen molar-refractivity contribution in [2.24, 2.45) is 0 Å². The van der Waals surface area contributed by atoms with Gasteiger partial charge >= 0.3 is 0 Å². The van der Waals surface area contributed by atoms with Crippen LogP contribution in [0.15, 0.2) is 30.3 Å². The van der Waals surface area contributed by atoms with Crippen LogP contribution < -0.4 is 4.74 Å². The molecule has 22 heavy (non-hydrogen) atoms. The molecule has 0 radical (unpaired) electrons. The van der Waals surface area contributed by atoms with Gasteiger partial charge in [0.05, 0.1) is 18.7 Å². The highest BCUT2D eigenvalue weighted by atomic mass is 19.2. The first-order valence-electron chi connectivity index (χ1n) is 6.16. The second kappa shape index (κ2) is 4.87. The third-order valence-corrected chi connectivity index (χ3v) is 3.34. The SMILES string of the molecule is COc1ccc2c(c1)[N+]([O-])=C(c1cc(F)c(F)c(F)c1)C2=O. The van der Waals surface area contributed by atoms with E-state index in [0.717, 1.165) is 0 Å². The van der Waals surface area contributed by atoms with E-state index in [4.69, 9.17) is 4.74 Å². The van der Waals surface area contributed by atoms with Crippen LogP contribution in [0.5, 0.6) is 5.75 Å². The summed E-state index contributed by atoms with van der Waals surface area (Å²) in [6, 6.07) is 5.42. The van der Waals surface area contributed by atoms with Gasteiger partial charge in [-0.2, -0.15) is 4.74 Å². The lowest BCUT2D eigenvalue weighted by Gasteiger charge is -2.04. The Bertz CT molecular complexity index is 823. The number of rotatable bonds is 2. The predicted octanol–water partition coefficient (Wildman–Crippen LogP) is 2.94. The van der Waals surface area contributed by atoms with Crippen LogP contribution in [0, 0.1) is 22.7 Å². The summed E-state index contributed by atoms with van der Waals surface area (Å²) < 4.78 is 44.8. The summed E-state index contributed by atoms with van der Waals surface area (Å²) in [6.07, 6.45) is 0. The van der Waals surface area contributed by atoms with Crippen molar-refractivity contribution < 1.29 is 27.4 Å². The highest BCUT2D eigenvalue weighted by Crippen LogP contribution is 2.32. The van der Waals surface area contributed by atoms with E-state index >= 15 is 0 Å². The lowest BCUT2D eigenvalue weighted by molar-refractivity contribution is -0.355. The molecule has 7 heteroatoms. The minimum Gasteiger partial charge on any atom is -0.618 e. The Morgan fingerprint density at radius 1 is 1.09 bits per heavy atom. The first-order chi connectivity index (χ1) is 10.4. The van der Waals surface area contributed by atoms with Gasteiger partial charge < -0.3 is 9.94 Å². The molecule has 0 unspecified atom stereocenters. The Morgan fingerprint density at radius 2 is 1.73 bits per heavy atom. The number of halogens is 3. The maximum atomic E-state index is 13.3. The smallest absolute Gasteiger partial charge is 0.273 e. The monoisotopic (exact) mass is 307 g/mol. The van der Waals surface area contributed by atoms with Crippen molar-refractivity contribution in [1.82, 2.24) is 0 Å². The van der Waals surface area contributed by atoms with Crippen molar-refractivity contribution in [3.8, 4) is 5.75 Å². The molecule has 3 rings (SSSR count). The number of nitrogens with zero attached hydrogens (tertiary/aromatic N) is 1. The molecule has 1 aliphatic heterocycles. The van der Waals surface area contributed by atoms with Crippen LogP contribution in [-0.2, 0) is 0 Å². The fourth-order valence-corrected chi connectivity index (χ4v) is 2.28.